The van der Waals surface area contributed by atoms with Crippen LogP contribution in [-0.4, -0.2) is 38.3 Å². The molecule has 1 aromatic rings. The van der Waals surface area contributed by atoms with Crippen LogP contribution < -0.4 is 11.1 Å². The molecule has 0 heterocycles. The van der Waals surface area contributed by atoms with Crippen molar-refractivity contribution < 1.29 is 17.6 Å². The third kappa shape index (κ3) is 3.67. The van der Waals surface area contributed by atoms with Gasteiger partial charge in [-0.1, -0.05) is 6.92 Å². The van der Waals surface area contributed by atoms with E-state index in [9.17, 15) is 17.6 Å². The second-order valence-electron chi connectivity index (χ2n) is 4.07. The van der Waals surface area contributed by atoms with E-state index in [0.29, 0.717) is 6.54 Å². The van der Waals surface area contributed by atoms with Gasteiger partial charge >= 0.3 is 0 Å². The smallest absolute Gasteiger partial charge is 0.245 e. The Labute approximate surface area is 117 Å². The number of benzene rings is 1. The number of carbonyl (C=O) groups excluding carboxylic acids is 1. The lowest BCUT2D eigenvalue weighted by Crippen LogP contribution is -2.40. The minimum atomic E-state index is -3.93. The Bertz CT molecular complexity index is 590. The SMILES string of the molecule is CCNC(=O)CN(CC)S(=O)(=O)c1ccc(F)cc1N. The molecule has 8 heteroatoms. The van der Waals surface area contributed by atoms with Gasteiger partial charge in [0.1, 0.15) is 10.7 Å². The molecule has 0 bridgehead atoms. The summed E-state index contributed by atoms with van der Waals surface area (Å²) in [5.74, 6) is -1.02. The molecule has 0 atom stereocenters. The number of nitrogens with two attached hydrogens (primary N) is 1. The number of halogens is 1. The highest BCUT2D eigenvalue weighted by atomic mass is 32.2. The van der Waals surface area contributed by atoms with E-state index in [2.05, 4.69) is 5.32 Å². The summed E-state index contributed by atoms with van der Waals surface area (Å²) in [5, 5.41) is 2.52. The highest BCUT2D eigenvalue weighted by molar-refractivity contribution is 7.89. The van der Waals surface area contributed by atoms with Gasteiger partial charge in [-0.25, -0.2) is 12.8 Å². The maximum atomic E-state index is 13.0. The maximum Gasteiger partial charge on any atom is 0.245 e. The van der Waals surface area contributed by atoms with Gasteiger partial charge in [0, 0.05) is 13.1 Å². The molecular formula is C12H18FN3O3S. The predicted octanol–water partition coefficient (Wildman–Crippen LogP) is 0.555. The number of sulfonamides is 1. The first-order chi connectivity index (χ1) is 9.32. The van der Waals surface area contributed by atoms with Gasteiger partial charge in [-0.05, 0) is 25.1 Å². The average molecular weight is 303 g/mol. The molecule has 1 aromatic carbocycles. The molecule has 0 aromatic heterocycles. The quantitative estimate of drug-likeness (QED) is 0.751. The molecule has 0 saturated heterocycles. The zero-order valence-corrected chi connectivity index (χ0v) is 12.2. The second kappa shape index (κ2) is 6.67. The standard InChI is InChI=1S/C12H18FN3O3S/c1-3-15-12(17)8-16(4-2)20(18,19)11-6-5-9(13)7-10(11)14/h5-7H,3-4,8,14H2,1-2H3,(H,15,17). The van der Waals surface area contributed by atoms with E-state index in [4.69, 9.17) is 5.73 Å². The van der Waals surface area contributed by atoms with Crippen molar-refractivity contribution >= 4 is 21.6 Å². The summed E-state index contributed by atoms with van der Waals surface area (Å²) in [6, 6.07) is 3.05. The number of hydrogen-bond acceptors (Lipinski definition) is 4. The highest BCUT2D eigenvalue weighted by Gasteiger charge is 2.27. The summed E-state index contributed by atoms with van der Waals surface area (Å²) in [5.41, 5.74) is 5.36. The fourth-order valence-corrected chi connectivity index (χ4v) is 3.18. The van der Waals surface area contributed by atoms with Gasteiger partial charge < -0.3 is 11.1 Å². The lowest BCUT2D eigenvalue weighted by molar-refractivity contribution is -0.121. The van der Waals surface area contributed by atoms with E-state index < -0.39 is 21.7 Å². The van der Waals surface area contributed by atoms with E-state index in [-0.39, 0.29) is 23.7 Å². The number of anilines is 1. The van der Waals surface area contributed by atoms with Crippen LogP contribution in [-0.2, 0) is 14.8 Å². The number of nitrogen functional groups attached to an aromatic ring is 1. The van der Waals surface area contributed by atoms with E-state index in [1.807, 2.05) is 0 Å². The van der Waals surface area contributed by atoms with Crippen LogP contribution in [0.2, 0.25) is 0 Å². The molecule has 0 aliphatic heterocycles. The van der Waals surface area contributed by atoms with Crippen molar-refractivity contribution in [1.82, 2.24) is 9.62 Å². The molecule has 3 N–H and O–H groups in total. The molecule has 0 fully saturated rings. The third-order valence-electron chi connectivity index (χ3n) is 2.64. The van der Waals surface area contributed by atoms with Crippen LogP contribution in [0.3, 0.4) is 0 Å². The number of amides is 1. The molecular weight excluding hydrogens is 285 g/mol. The van der Waals surface area contributed by atoms with Crippen LogP contribution in [0.4, 0.5) is 10.1 Å². The van der Waals surface area contributed by atoms with Crippen molar-refractivity contribution in [1.29, 1.82) is 0 Å². The fraction of sp³-hybridized carbons (Fsp3) is 0.417. The van der Waals surface area contributed by atoms with E-state index in [1.165, 1.54) is 0 Å². The normalized spacial score (nSPS) is 11.6. The minimum Gasteiger partial charge on any atom is -0.398 e. The Morgan fingerprint density at radius 2 is 2.05 bits per heavy atom. The molecule has 6 nitrogen and oxygen atoms in total. The number of rotatable bonds is 6. The number of nitrogens with zero attached hydrogens (tertiary/aromatic N) is 1. The maximum absolute atomic E-state index is 13.0. The summed E-state index contributed by atoms with van der Waals surface area (Å²) in [7, 11) is -3.93. The second-order valence-corrected chi connectivity index (χ2v) is 5.97. The van der Waals surface area contributed by atoms with Crippen LogP contribution in [0.1, 0.15) is 13.8 Å². The topological polar surface area (TPSA) is 92.5 Å². The van der Waals surface area contributed by atoms with Gasteiger partial charge in [0.05, 0.1) is 12.2 Å². The molecule has 0 aliphatic carbocycles. The number of nitrogens with one attached hydrogen (secondary N) is 1. The number of carbonyl (C=O) groups is 1. The Hall–Kier alpha value is -1.67. The van der Waals surface area contributed by atoms with E-state index in [0.717, 1.165) is 22.5 Å². The van der Waals surface area contributed by atoms with Crippen molar-refractivity contribution in [2.45, 2.75) is 18.7 Å². The van der Waals surface area contributed by atoms with Crippen LogP contribution >= 0.6 is 0 Å². The minimum absolute atomic E-state index is 0.107. The number of hydrogen-bond donors (Lipinski definition) is 2. The van der Waals surface area contributed by atoms with Crippen molar-refractivity contribution in [2.75, 3.05) is 25.4 Å². The van der Waals surface area contributed by atoms with Crippen molar-refractivity contribution in [2.24, 2.45) is 0 Å². The molecule has 1 rings (SSSR count). The first-order valence-corrected chi connectivity index (χ1v) is 7.58. The first kappa shape index (κ1) is 16.4. The molecule has 0 aliphatic rings. The highest BCUT2D eigenvalue weighted by Crippen LogP contribution is 2.22. The van der Waals surface area contributed by atoms with Gasteiger partial charge in [0.2, 0.25) is 15.9 Å². The summed E-state index contributed by atoms with van der Waals surface area (Å²) < 4.78 is 38.7. The summed E-state index contributed by atoms with van der Waals surface area (Å²) >= 11 is 0. The van der Waals surface area contributed by atoms with Gasteiger partial charge in [-0.2, -0.15) is 4.31 Å². The van der Waals surface area contributed by atoms with Gasteiger partial charge in [0.25, 0.3) is 0 Å². The Morgan fingerprint density at radius 3 is 2.55 bits per heavy atom. The molecule has 0 unspecified atom stereocenters. The van der Waals surface area contributed by atoms with Gasteiger partial charge in [0.15, 0.2) is 0 Å². The van der Waals surface area contributed by atoms with Crippen LogP contribution in [0.15, 0.2) is 23.1 Å². The number of likely N-dealkylation sites (N-methyl/N-ethyl adjacent to an activating group) is 2. The molecule has 0 spiro atoms. The van der Waals surface area contributed by atoms with E-state index in [1.54, 1.807) is 13.8 Å². The lowest BCUT2D eigenvalue weighted by atomic mass is 10.3. The molecule has 1 amide bonds. The van der Waals surface area contributed by atoms with Crippen LogP contribution in [0, 0.1) is 5.82 Å². The van der Waals surface area contributed by atoms with E-state index >= 15 is 0 Å². The predicted molar refractivity (Wildman–Crippen MR) is 73.9 cm³/mol. The molecule has 0 saturated carbocycles. The first-order valence-electron chi connectivity index (χ1n) is 6.14. The zero-order valence-electron chi connectivity index (χ0n) is 11.4. The Kier molecular flexibility index (Phi) is 5.46. The van der Waals surface area contributed by atoms with Crippen LogP contribution in [0.5, 0.6) is 0 Å². The Morgan fingerprint density at radius 1 is 1.40 bits per heavy atom. The summed E-state index contributed by atoms with van der Waals surface area (Å²) in [6.45, 7) is 3.56. The van der Waals surface area contributed by atoms with Gasteiger partial charge in [-0.15, -0.1) is 0 Å². The van der Waals surface area contributed by atoms with Crippen molar-refractivity contribution in [3.05, 3.63) is 24.0 Å². The lowest BCUT2D eigenvalue weighted by Gasteiger charge is -2.20. The van der Waals surface area contributed by atoms with Crippen molar-refractivity contribution in [3.63, 3.8) is 0 Å². The molecule has 20 heavy (non-hydrogen) atoms. The largest absolute Gasteiger partial charge is 0.398 e. The van der Waals surface area contributed by atoms with Gasteiger partial charge in [-0.3, -0.25) is 4.79 Å². The average Bonchev–Trinajstić information content (AvgIpc) is 2.35. The monoisotopic (exact) mass is 303 g/mol. The summed E-state index contributed by atoms with van der Waals surface area (Å²) in [4.78, 5) is 11.3. The Balaban J connectivity index is 3.09. The zero-order chi connectivity index (χ0) is 15.3. The van der Waals surface area contributed by atoms with Crippen LogP contribution in [0.25, 0.3) is 0 Å². The molecule has 112 valence electrons. The third-order valence-corrected chi connectivity index (χ3v) is 4.63. The van der Waals surface area contributed by atoms with Crippen molar-refractivity contribution in [3.8, 4) is 0 Å². The summed E-state index contributed by atoms with van der Waals surface area (Å²) in [6.07, 6.45) is 0. The molecule has 0 radical (unpaired) electrons. The fourth-order valence-electron chi connectivity index (χ4n) is 1.67.